The van der Waals surface area contributed by atoms with Crippen molar-refractivity contribution in [2.75, 3.05) is 13.2 Å². The highest BCUT2D eigenvalue weighted by Gasteiger charge is 2.79. The molecule has 0 aromatic heterocycles. The highest BCUT2D eigenvalue weighted by atomic mass is 16.8. The molecule has 1 saturated carbocycles. The number of esters is 1. The van der Waals surface area contributed by atoms with Gasteiger partial charge in [0.05, 0.1) is 24.9 Å². The number of phenolic OH excluding ortho intramolecular Hbond substituents is 1. The van der Waals surface area contributed by atoms with Crippen molar-refractivity contribution in [3.8, 4) is 5.75 Å². The molecule has 2 aliphatic heterocycles. The van der Waals surface area contributed by atoms with E-state index in [0.29, 0.717) is 5.56 Å². The Hall–Kier alpha value is -2.55. The first-order chi connectivity index (χ1) is 17.5. The maximum absolute atomic E-state index is 12.2. The van der Waals surface area contributed by atoms with E-state index in [9.17, 15) is 35.4 Å². The number of hydrogen-bond donors (Lipinski definition) is 6. The number of aliphatic hydroxyl groups is 5. The third kappa shape index (κ3) is 5.52. The summed E-state index contributed by atoms with van der Waals surface area (Å²) in [5.41, 5.74) is -2.02. The van der Waals surface area contributed by atoms with Crippen LogP contribution >= 0.6 is 0 Å². The van der Waals surface area contributed by atoms with Gasteiger partial charge < -0.3 is 54.3 Å². The zero-order chi connectivity index (χ0) is 27.0. The van der Waals surface area contributed by atoms with Crippen LogP contribution in [0.4, 0.5) is 0 Å². The molecule has 0 spiro atoms. The Bertz CT molecular complexity index is 1010. The molecular weight excluding hydrogens is 492 g/mol. The van der Waals surface area contributed by atoms with Crippen LogP contribution in [0.5, 0.6) is 5.75 Å². The van der Waals surface area contributed by atoms with Crippen LogP contribution in [0.3, 0.4) is 0 Å². The summed E-state index contributed by atoms with van der Waals surface area (Å²) in [6.07, 6.45) is -3.54. The van der Waals surface area contributed by atoms with E-state index in [0.717, 1.165) is 12.3 Å². The molecule has 3 aliphatic rings. The number of aliphatic hydroxyl groups excluding tert-OH is 4. The van der Waals surface area contributed by atoms with Crippen LogP contribution in [0.1, 0.15) is 19.4 Å². The van der Waals surface area contributed by atoms with E-state index in [2.05, 4.69) is 0 Å². The zero-order valence-corrected chi connectivity index (χ0v) is 20.3. The number of carbonyl (C=O) groups excluding carboxylic acids is 1. The molecule has 204 valence electrons. The Morgan fingerprint density at radius 1 is 1.24 bits per heavy atom. The quantitative estimate of drug-likeness (QED) is 0.0913. The number of aromatic hydroxyl groups is 1. The number of fused-ring (bicyclic) bond motifs is 3. The second kappa shape index (κ2) is 10.7. The van der Waals surface area contributed by atoms with E-state index >= 15 is 0 Å². The van der Waals surface area contributed by atoms with Gasteiger partial charge in [-0.2, -0.15) is 0 Å². The number of epoxide rings is 1. The van der Waals surface area contributed by atoms with Crippen molar-refractivity contribution in [1.82, 2.24) is 0 Å². The normalized spacial score (nSPS) is 35.2. The van der Waals surface area contributed by atoms with Crippen molar-refractivity contribution < 1.29 is 59.1 Å². The number of carbonyl (C=O) groups is 1. The second-order valence-electron chi connectivity index (χ2n) is 9.56. The van der Waals surface area contributed by atoms with Gasteiger partial charge in [-0.3, -0.25) is 0 Å². The molecule has 0 amide bonds. The van der Waals surface area contributed by atoms with E-state index in [1.165, 1.54) is 31.2 Å². The topological polar surface area (TPSA) is 188 Å². The maximum Gasteiger partial charge on any atom is 0.330 e. The molecule has 12 nitrogen and oxygen atoms in total. The van der Waals surface area contributed by atoms with Crippen LogP contribution in [0.25, 0.3) is 6.08 Å². The van der Waals surface area contributed by atoms with Crippen molar-refractivity contribution in [1.29, 1.82) is 0 Å². The lowest BCUT2D eigenvalue weighted by Gasteiger charge is -2.42. The van der Waals surface area contributed by atoms with Crippen LogP contribution in [0.2, 0.25) is 0 Å². The Morgan fingerprint density at radius 3 is 2.59 bits per heavy atom. The van der Waals surface area contributed by atoms with Gasteiger partial charge in [-0.1, -0.05) is 12.1 Å². The zero-order valence-electron chi connectivity index (χ0n) is 20.3. The van der Waals surface area contributed by atoms with E-state index in [1.807, 2.05) is 0 Å². The molecule has 1 aromatic rings. The van der Waals surface area contributed by atoms with Crippen molar-refractivity contribution in [3.63, 3.8) is 0 Å². The summed E-state index contributed by atoms with van der Waals surface area (Å²) in [6, 6.07) is 6.12. The summed E-state index contributed by atoms with van der Waals surface area (Å²) >= 11 is 0. The number of hydrogen-bond acceptors (Lipinski definition) is 12. The summed E-state index contributed by atoms with van der Waals surface area (Å²) in [7, 11) is 0. The first-order valence-corrected chi connectivity index (χ1v) is 11.8. The molecule has 2 heterocycles. The van der Waals surface area contributed by atoms with E-state index < -0.39 is 79.4 Å². The summed E-state index contributed by atoms with van der Waals surface area (Å²) in [4.78, 5) is 12.2. The number of rotatable bonds is 11. The third-order valence-electron chi connectivity index (χ3n) is 6.90. The van der Waals surface area contributed by atoms with Crippen LogP contribution < -0.4 is 0 Å². The standard InChI is InChI=1S/C25H32O12/c1-13(27)17(12-34-18(30)8-5-14-3-6-15(28)7-4-14)35-22(16(29)11-26)36-23-19-24(2)21(37-24)20(31)25(19,32)9-10-33-23/h3-10,13,16-17,19-23,26-29,31-32H,11-12H2,1-2H3/b8-5-/t13?,16?,17?,19-,20+,21+,22?,23+,24-,25+/m1/s1. The number of benzene rings is 1. The van der Waals surface area contributed by atoms with Crippen LogP contribution in [0.15, 0.2) is 42.7 Å². The van der Waals surface area contributed by atoms with Gasteiger partial charge >= 0.3 is 5.97 Å². The molecule has 1 saturated heterocycles. The van der Waals surface area contributed by atoms with Crippen molar-refractivity contribution >= 4 is 12.0 Å². The van der Waals surface area contributed by atoms with Crippen LogP contribution in [-0.4, -0.2) is 104 Å². The molecule has 2 fully saturated rings. The van der Waals surface area contributed by atoms with Gasteiger partial charge in [0.1, 0.15) is 48.0 Å². The fourth-order valence-corrected chi connectivity index (χ4v) is 4.72. The average molecular weight is 525 g/mol. The van der Waals surface area contributed by atoms with Crippen molar-refractivity contribution in [2.24, 2.45) is 5.92 Å². The highest BCUT2D eigenvalue weighted by molar-refractivity contribution is 5.87. The average Bonchev–Trinajstić information content (AvgIpc) is 3.51. The molecular formula is C25H32O12. The fraction of sp³-hybridized carbons (Fsp3) is 0.560. The molecule has 1 aromatic carbocycles. The van der Waals surface area contributed by atoms with Gasteiger partial charge in [0.2, 0.25) is 6.29 Å². The summed E-state index contributed by atoms with van der Waals surface area (Å²) in [5, 5.41) is 60.9. The number of ether oxygens (including phenoxy) is 5. The lowest BCUT2D eigenvalue weighted by Crippen LogP contribution is -2.56. The molecule has 10 atom stereocenters. The molecule has 0 bridgehead atoms. The Kier molecular flexibility index (Phi) is 7.93. The van der Waals surface area contributed by atoms with Crippen molar-refractivity contribution in [3.05, 3.63) is 48.2 Å². The third-order valence-corrected chi connectivity index (χ3v) is 6.90. The lowest BCUT2D eigenvalue weighted by molar-refractivity contribution is -0.318. The Morgan fingerprint density at radius 2 is 1.95 bits per heavy atom. The first-order valence-electron chi connectivity index (χ1n) is 11.8. The molecule has 0 radical (unpaired) electrons. The van der Waals surface area contributed by atoms with Crippen LogP contribution in [-0.2, 0) is 28.5 Å². The summed E-state index contributed by atoms with van der Waals surface area (Å²) in [6.45, 7) is 1.87. The Labute approximate surface area is 212 Å². The van der Waals surface area contributed by atoms with E-state index in [-0.39, 0.29) is 5.75 Å². The van der Waals surface area contributed by atoms with Gasteiger partial charge in [0, 0.05) is 6.08 Å². The number of phenols is 1. The predicted octanol–water partition coefficient (Wildman–Crippen LogP) is -0.840. The minimum absolute atomic E-state index is 0.0838. The molecule has 12 heteroatoms. The second-order valence-corrected chi connectivity index (χ2v) is 9.56. The van der Waals surface area contributed by atoms with E-state index in [1.54, 1.807) is 19.1 Å². The highest BCUT2D eigenvalue weighted by Crippen LogP contribution is 2.61. The lowest BCUT2D eigenvalue weighted by atomic mass is 9.82. The van der Waals surface area contributed by atoms with Gasteiger partial charge in [-0.15, -0.1) is 0 Å². The SMILES string of the molecule is CC(O)C(COC(=O)/C=C\c1ccc(O)cc1)OC(O[C@@H]1OC=C[C@@]2(O)[C@@H](O)[C@@H]3O[C@]3(C)[C@@H]12)C(O)CO. The molecule has 37 heavy (non-hydrogen) atoms. The van der Waals surface area contributed by atoms with E-state index in [4.69, 9.17) is 23.7 Å². The van der Waals surface area contributed by atoms with Gasteiger partial charge in [0.15, 0.2) is 6.29 Å². The summed E-state index contributed by atoms with van der Waals surface area (Å²) < 4.78 is 27.7. The Balaban J connectivity index is 1.40. The molecule has 1 aliphatic carbocycles. The first kappa shape index (κ1) is 27.5. The minimum Gasteiger partial charge on any atom is -0.508 e. The molecule has 4 unspecified atom stereocenters. The van der Waals surface area contributed by atoms with Crippen LogP contribution in [0, 0.1) is 5.92 Å². The largest absolute Gasteiger partial charge is 0.508 e. The van der Waals surface area contributed by atoms with Crippen molar-refractivity contribution in [2.45, 2.75) is 68.1 Å². The molecule has 6 N–H and O–H groups in total. The molecule has 4 rings (SSSR count). The monoisotopic (exact) mass is 524 g/mol. The predicted molar refractivity (Wildman–Crippen MR) is 124 cm³/mol. The maximum atomic E-state index is 12.2. The minimum atomic E-state index is -1.71. The summed E-state index contributed by atoms with van der Waals surface area (Å²) in [5.74, 6) is -1.55. The van der Waals surface area contributed by atoms with Gasteiger partial charge in [-0.05, 0) is 43.7 Å². The fourth-order valence-electron chi connectivity index (χ4n) is 4.72. The van der Waals surface area contributed by atoms with Gasteiger partial charge in [-0.25, -0.2) is 4.79 Å². The van der Waals surface area contributed by atoms with Gasteiger partial charge in [0.25, 0.3) is 0 Å². The smallest absolute Gasteiger partial charge is 0.330 e.